The fourth-order valence-electron chi connectivity index (χ4n) is 8.65. The maximum atomic E-state index is 13.0. The van der Waals surface area contributed by atoms with E-state index in [0.717, 1.165) is 89.9 Å². The molecular formula is C62H107NO8. The first-order chi connectivity index (χ1) is 34.8. The Morgan fingerprint density at radius 2 is 0.873 bits per heavy atom. The van der Waals surface area contributed by atoms with Crippen LogP contribution in [0.2, 0.25) is 0 Å². The quantitative estimate of drug-likeness (QED) is 0.0261. The van der Waals surface area contributed by atoms with E-state index in [1.807, 2.05) is 0 Å². The standard InChI is InChI=1S/C62H107NO8/c1-3-5-7-9-11-13-14-15-16-17-18-19-20-21-22-23-24-25-26-27-28-29-30-31-32-33-34-35-36-37-38-39-40-41-42-44-46-48-50-52-58(66)63-55(56(65)51-49-47-45-43-12-10-8-6-4-2)54-70-62-61(69)60(68)59(67)57(53-64)71-62/h5,7,11,13,15-16,18-19,21-22,24-25,27-28,30-31,55-57,59-62,64-65,67-69H,3-4,6,8-10,12,14,17,20,23,26,29,32-54H2,1-2H3,(H,63,66)/b7-5-,13-11-,16-15-,19-18-,22-21-,25-24-,28-27-,31-30-. The molecule has 1 aliphatic rings. The van der Waals surface area contributed by atoms with Crippen LogP contribution in [0.4, 0.5) is 0 Å². The lowest BCUT2D eigenvalue weighted by atomic mass is 9.99. The number of hydrogen-bond acceptors (Lipinski definition) is 8. The lowest BCUT2D eigenvalue weighted by Crippen LogP contribution is -2.60. The molecular weight excluding hydrogens is 887 g/mol. The van der Waals surface area contributed by atoms with E-state index in [1.165, 1.54) is 116 Å². The number of carbonyl (C=O) groups is 1. The Kier molecular flexibility index (Phi) is 47.2. The Morgan fingerprint density at radius 3 is 1.30 bits per heavy atom. The molecule has 1 amide bonds. The SMILES string of the molecule is CC/C=C\C/C=C\C/C=C\C/C=C\C/C=C\C/C=C\C/C=C\C/C=C\CCCCCCCCCCCCCCCCC(=O)NC(COC1OC(CO)C(O)C(O)C1O)C(O)CCCCCCCCCCC. The molecule has 9 nitrogen and oxygen atoms in total. The van der Waals surface area contributed by atoms with Crippen LogP contribution in [0.25, 0.3) is 0 Å². The Labute approximate surface area is 434 Å². The van der Waals surface area contributed by atoms with Gasteiger partial charge in [-0.05, 0) is 77.0 Å². The van der Waals surface area contributed by atoms with Crippen molar-refractivity contribution in [3.63, 3.8) is 0 Å². The Hall–Kier alpha value is -2.89. The second-order valence-electron chi connectivity index (χ2n) is 19.7. The highest BCUT2D eigenvalue weighted by Crippen LogP contribution is 2.23. The first-order valence-electron chi connectivity index (χ1n) is 28.9. The predicted molar refractivity (Wildman–Crippen MR) is 299 cm³/mol. The summed E-state index contributed by atoms with van der Waals surface area (Å²) in [5, 5.41) is 54.4. The number of aliphatic hydroxyl groups is 5. The van der Waals surface area contributed by atoms with Crippen molar-refractivity contribution >= 4 is 5.91 Å². The van der Waals surface area contributed by atoms with Crippen LogP contribution in [0.15, 0.2) is 97.2 Å². The number of rotatable bonds is 48. The molecule has 0 aromatic carbocycles. The maximum Gasteiger partial charge on any atom is 0.220 e. The van der Waals surface area contributed by atoms with Gasteiger partial charge in [0.05, 0.1) is 25.4 Å². The van der Waals surface area contributed by atoms with Gasteiger partial charge >= 0.3 is 0 Å². The Morgan fingerprint density at radius 1 is 0.493 bits per heavy atom. The molecule has 0 aromatic rings. The van der Waals surface area contributed by atoms with E-state index in [1.54, 1.807) is 0 Å². The molecule has 71 heavy (non-hydrogen) atoms. The van der Waals surface area contributed by atoms with Crippen LogP contribution < -0.4 is 5.32 Å². The summed E-state index contributed by atoms with van der Waals surface area (Å²) in [5.41, 5.74) is 0. The van der Waals surface area contributed by atoms with Gasteiger partial charge in [0, 0.05) is 6.42 Å². The van der Waals surface area contributed by atoms with Gasteiger partial charge in [0.2, 0.25) is 5.91 Å². The monoisotopic (exact) mass is 994 g/mol. The van der Waals surface area contributed by atoms with Gasteiger partial charge in [-0.25, -0.2) is 0 Å². The first kappa shape index (κ1) is 66.1. The minimum absolute atomic E-state index is 0.141. The van der Waals surface area contributed by atoms with Crippen molar-refractivity contribution in [2.24, 2.45) is 0 Å². The zero-order valence-electron chi connectivity index (χ0n) is 45.2. The third-order valence-electron chi connectivity index (χ3n) is 13.2. The summed E-state index contributed by atoms with van der Waals surface area (Å²) in [4.78, 5) is 13.0. The van der Waals surface area contributed by atoms with Crippen molar-refractivity contribution in [3.8, 4) is 0 Å². The van der Waals surface area contributed by atoms with Gasteiger partial charge in [-0.3, -0.25) is 4.79 Å². The van der Waals surface area contributed by atoms with E-state index in [2.05, 4.69) is 116 Å². The van der Waals surface area contributed by atoms with Crippen LogP contribution >= 0.6 is 0 Å². The number of aliphatic hydroxyl groups excluding tert-OH is 5. The zero-order chi connectivity index (χ0) is 51.5. The van der Waals surface area contributed by atoms with Crippen LogP contribution in [-0.4, -0.2) is 87.5 Å². The summed E-state index contributed by atoms with van der Waals surface area (Å²) in [5.74, 6) is -0.150. The molecule has 408 valence electrons. The largest absolute Gasteiger partial charge is 0.394 e. The minimum atomic E-state index is -1.55. The van der Waals surface area contributed by atoms with Crippen molar-refractivity contribution < 1.29 is 39.8 Å². The molecule has 7 unspecified atom stereocenters. The average molecular weight is 995 g/mol. The zero-order valence-corrected chi connectivity index (χ0v) is 45.2. The van der Waals surface area contributed by atoms with Crippen molar-refractivity contribution in [1.29, 1.82) is 0 Å². The number of ether oxygens (including phenoxy) is 2. The average Bonchev–Trinajstić information content (AvgIpc) is 3.37. The van der Waals surface area contributed by atoms with E-state index in [-0.39, 0.29) is 12.5 Å². The summed E-state index contributed by atoms with van der Waals surface area (Å²) in [7, 11) is 0. The number of hydrogen-bond donors (Lipinski definition) is 6. The molecule has 6 N–H and O–H groups in total. The van der Waals surface area contributed by atoms with Crippen molar-refractivity contribution in [2.75, 3.05) is 13.2 Å². The molecule has 1 heterocycles. The summed E-state index contributed by atoms with van der Waals surface area (Å²) in [6, 6.07) is -0.721. The number of unbranched alkanes of at least 4 members (excludes halogenated alkanes) is 22. The number of allylic oxidation sites excluding steroid dienone is 16. The van der Waals surface area contributed by atoms with Gasteiger partial charge < -0.3 is 40.3 Å². The molecule has 1 saturated heterocycles. The number of carbonyl (C=O) groups excluding carboxylic acids is 1. The maximum absolute atomic E-state index is 13.0. The van der Waals surface area contributed by atoms with Crippen LogP contribution in [0.5, 0.6) is 0 Å². The number of nitrogens with one attached hydrogen (secondary N) is 1. The third kappa shape index (κ3) is 40.2. The lowest BCUT2D eigenvalue weighted by Gasteiger charge is -2.40. The molecule has 0 aromatic heterocycles. The fraction of sp³-hybridized carbons (Fsp3) is 0.726. The van der Waals surface area contributed by atoms with Crippen molar-refractivity contribution in [2.45, 2.75) is 275 Å². The van der Waals surface area contributed by atoms with Gasteiger partial charge in [0.1, 0.15) is 24.4 Å². The molecule has 0 bridgehead atoms. The van der Waals surface area contributed by atoms with Crippen LogP contribution in [0.3, 0.4) is 0 Å². The molecule has 0 radical (unpaired) electrons. The molecule has 1 aliphatic heterocycles. The second-order valence-corrected chi connectivity index (χ2v) is 19.7. The highest BCUT2D eigenvalue weighted by Gasteiger charge is 2.44. The Balaban J connectivity index is 2.06. The summed E-state index contributed by atoms with van der Waals surface area (Å²) in [6.45, 7) is 3.69. The van der Waals surface area contributed by atoms with Gasteiger partial charge in [0.15, 0.2) is 6.29 Å². The molecule has 9 heteroatoms. The van der Waals surface area contributed by atoms with E-state index in [0.29, 0.717) is 12.8 Å². The lowest BCUT2D eigenvalue weighted by molar-refractivity contribution is -0.302. The summed E-state index contributed by atoms with van der Waals surface area (Å²) in [6.07, 6.45) is 66.1. The normalized spacial score (nSPS) is 20.0. The highest BCUT2D eigenvalue weighted by molar-refractivity contribution is 5.76. The van der Waals surface area contributed by atoms with E-state index < -0.39 is 49.5 Å². The van der Waals surface area contributed by atoms with Gasteiger partial charge in [-0.2, -0.15) is 0 Å². The van der Waals surface area contributed by atoms with Crippen LogP contribution in [0, 0.1) is 0 Å². The number of amides is 1. The van der Waals surface area contributed by atoms with E-state index in [9.17, 15) is 30.3 Å². The van der Waals surface area contributed by atoms with Crippen molar-refractivity contribution in [1.82, 2.24) is 5.32 Å². The van der Waals surface area contributed by atoms with Gasteiger partial charge in [-0.1, -0.05) is 246 Å². The summed E-state index contributed by atoms with van der Waals surface area (Å²) < 4.78 is 11.3. The summed E-state index contributed by atoms with van der Waals surface area (Å²) >= 11 is 0. The molecule has 0 saturated carbocycles. The predicted octanol–water partition coefficient (Wildman–Crippen LogP) is 14.4. The highest BCUT2D eigenvalue weighted by atomic mass is 16.7. The first-order valence-corrected chi connectivity index (χ1v) is 28.9. The smallest absolute Gasteiger partial charge is 0.220 e. The fourth-order valence-corrected chi connectivity index (χ4v) is 8.65. The topological polar surface area (TPSA) is 149 Å². The van der Waals surface area contributed by atoms with E-state index in [4.69, 9.17) is 9.47 Å². The molecule has 0 aliphatic carbocycles. The van der Waals surface area contributed by atoms with Crippen LogP contribution in [0.1, 0.15) is 232 Å². The third-order valence-corrected chi connectivity index (χ3v) is 13.2. The van der Waals surface area contributed by atoms with Crippen molar-refractivity contribution in [3.05, 3.63) is 97.2 Å². The van der Waals surface area contributed by atoms with Gasteiger partial charge in [0.25, 0.3) is 0 Å². The second kappa shape index (κ2) is 50.6. The molecule has 1 fully saturated rings. The van der Waals surface area contributed by atoms with Crippen LogP contribution in [-0.2, 0) is 14.3 Å². The van der Waals surface area contributed by atoms with E-state index >= 15 is 0 Å². The molecule has 7 atom stereocenters. The Bertz CT molecular complexity index is 1430. The molecule has 0 spiro atoms. The van der Waals surface area contributed by atoms with Gasteiger partial charge in [-0.15, -0.1) is 0 Å². The molecule has 1 rings (SSSR count). The minimum Gasteiger partial charge on any atom is -0.394 e.